The van der Waals surface area contributed by atoms with Gasteiger partial charge in [-0.15, -0.1) is 0 Å². The lowest BCUT2D eigenvalue weighted by Gasteiger charge is -2.40. The van der Waals surface area contributed by atoms with Crippen molar-refractivity contribution in [2.24, 2.45) is 17.6 Å². The molecule has 3 amide bonds. The smallest absolute Gasteiger partial charge is 0.433 e. The number of piperidine rings is 1. The Morgan fingerprint density at radius 3 is 1.69 bits per heavy atom. The van der Waals surface area contributed by atoms with Crippen LogP contribution in [0.3, 0.4) is 0 Å². The second kappa shape index (κ2) is 32.9. The summed E-state index contributed by atoms with van der Waals surface area (Å²) in [5.74, 6) is 4.08. The van der Waals surface area contributed by atoms with E-state index in [9.17, 15) is 40.7 Å². The molecule has 506 valence electrons. The molecule has 7 N–H and O–H groups in total. The number of carbonyl (C=O) groups is 3. The van der Waals surface area contributed by atoms with E-state index in [1.807, 2.05) is 49.4 Å². The van der Waals surface area contributed by atoms with Crippen LogP contribution in [-0.4, -0.2) is 123 Å². The Morgan fingerprint density at radius 2 is 1.18 bits per heavy atom. The molecule has 2 unspecified atom stereocenters. The molecule has 1 saturated carbocycles. The van der Waals surface area contributed by atoms with Crippen LogP contribution in [0.15, 0.2) is 140 Å². The van der Waals surface area contributed by atoms with Gasteiger partial charge >= 0.3 is 12.4 Å². The number of nitrogens with two attached hydrogens (primary N) is 1. The molecule has 9 aromatic rings. The summed E-state index contributed by atoms with van der Waals surface area (Å²) < 4.78 is 89.1. The number of rotatable bonds is 20. The van der Waals surface area contributed by atoms with E-state index in [4.69, 9.17) is 25.2 Å². The monoisotopic (exact) mass is 1340 g/mol. The lowest BCUT2D eigenvalue weighted by Crippen LogP contribution is -2.48. The lowest BCUT2D eigenvalue weighted by atomic mass is 9.92. The minimum absolute atomic E-state index is 0.0195. The van der Waals surface area contributed by atoms with Gasteiger partial charge in [0.05, 0.1) is 14.2 Å². The van der Waals surface area contributed by atoms with E-state index in [1.54, 1.807) is 64.0 Å². The molecule has 30 heteroatoms. The Hall–Kier alpha value is -11.1. The fraction of sp³-hybridized carbons (Fsp3) is 0.328. The summed E-state index contributed by atoms with van der Waals surface area (Å²) in [7, 11) is 3.37. The molecule has 0 radical (unpaired) electrons. The van der Waals surface area contributed by atoms with Crippen LogP contribution in [0.1, 0.15) is 81.2 Å². The third kappa shape index (κ3) is 20.7. The molecule has 2 aliphatic heterocycles. The van der Waals surface area contributed by atoms with Crippen molar-refractivity contribution >= 4 is 41.0 Å². The van der Waals surface area contributed by atoms with Crippen molar-refractivity contribution in [3.05, 3.63) is 169 Å². The van der Waals surface area contributed by atoms with Gasteiger partial charge in [0.25, 0.3) is 0 Å². The van der Waals surface area contributed by atoms with Crippen LogP contribution in [0, 0.1) is 11.8 Å². The number of methoxy groups -OCH3 is 2. The molecule has 8 aromatic heterocycles. The fourth-order valence-electron chi connectivity index (χ4n) is 9.83. The van der Waals surface area contributed by atoms with E-state index in [-0.39, 0.29) is 58.8 Å². The fourth-order valence-corrected chi connectivity index (χ4v) is 9.83. The van der Waals surface area contributed by atoms with Gasteiger partial charge in [0.1, 0.15) is 57.9 Å². The summed E-state index contributed by atoms with van der Waals surface area (Å²) in [4.78, 5) is 86.5. The Balaban J connectivity index is 0.000000153. The average Bonchev–Trinajstić information content (AvgIpc) is 1.32. The van der Waals surface area contributed by atoms with Gasteiger partial charge in [-0.2, -0.15) is 26.3 Å². The molecule has 2 saturated heterocycles. The van der Waals surface area contributed by atoms with Gasteiger partial charge < -0.3 is 36.1 Å². The highest BCUT2D eigenvalue weighted by Crippen LogP contribution is 2.34. The number of amides is 3. The molecular formula is C67H71F6N19O5. The molecule has 24 nitrogen and oxygen atoms in total. The molecule has 3 aliphatic rings. The minimum Gasteiger partial charge on any atom is -0.497 e. The maximum Gasteiger partial charge on any atom is 0.433 e. The number of hydrogen-bond donors (Lipinski definition) is 6. The molecule has 10 heterocycles. The number of pyridine rings is 4. The van der Waals surface area contributed by atoms with Crippen molar-refractivity contribution < 1.29 is 50.2 Å². The van der Waals surface area contributed by atoms with Gasteiger partial charge in [0.2, 0.25) is 17.7 Å². The Kier molecular flexibility index (Phi) is 23.8. The first-order valence-electron chi connectivity index (χ1n) is 31.1. The average molecular weight is 1340 g/mol. The highest BCUT2D eigenvalue weighted by Gasteiger charge is 2.36. The molecule has 97 heavy (non-hydrogen) atoms. The SMILES string of the molecule is CC(CC(N)=O)Nc1cc(C(F)(F)F)nc(-c2ccccn2)n1.CCc1cc(N2CC(Cc3cc(OC)cc(OC)c3)C2)nc(-c2ccncc2)n1.CCc1cc(NNC(=O)C2CC2)nc(-c2ccccn2)n1.O=C1NCCCC1Nc1cc(C(F)(F)F)nc(-c2ccccn2)n1. The third-order valence-electron chi connectivity index (χ3n) is 14.9. The summed E-state index contributed by atoms with van der Waals surface area (Å²) in [6, 6.07) is 29.6. The van der Waals surface area contributed by atoms with Gasteiger partial charge in [-0.1, -0.05) is 32.0 Å². The third-order valence-corrected chi connectivity index (χ3v) is 14.9. The van der Waals surface area contributed by atoms with Crippen molar-refractivity contribution in [1.82, 2.24) is 70.6 Å². The van der Waals surface area contributed by atoms with Crippen LogP contribution >= 0.6 is 0 Å². The Labute approximate surface area is 554 Å². The molecular weight excluding hydrogens is 1260 g/mol. The molecule has 1 aromatic carbocycles. The van der Waals surface area contributed by atoms with Gasteiger partial charge in [-0.3, -0.25) is 45.2 Å². The number of aromatic nitrogens is 12. The minimum atomic E-state index is -4.63. The molecule has 12 rings (SSSR count). The zero-order valence-electron chi connectivity index (χ0n) is 53.6. The topological polar surface area (TPSA) is 314 Å². The molecule has 0 bridgehead atoms. The zero-order chi connectivity index (χ0) is 69.1. The van der Waals surface area contributed by atoms with Gasteiger partial charge in [-0.05, 0) is 124 Å². The summed E-state index contributed by atoms with van der Waals surface area (Å²) in [6.45, 7) is 8.29. The normalized spacial score (nSPS) is 14.6. The van der Waals surface area contributed by atoms with Crippen molar-refractivity contribution in [2.45, 2.75) is 96.6 Å². The van der Waals surface area contributed by atoms with Crippen LogP contribution < -0.4 is 46.9 Å². The molecule has 2 atom stereocenters. The standard InChI is InChI=1S/C23H26N4O2.C15H14F3N5O.C15H17N5O.C14H14F3N5O/c1-4-19-12-22(26-23(25-19)18-5-7-24-8-6-18)27-14-17(15-27)9-16-10-20(28-2)13-21(11-16)29-3;16-15(17,18)11-8-12(21-10-5-3-7-20-14(10)24)23-13(22-11)9-4-1-2-6-19-9;1-2-11-9-13(19-20-15(21)10-6-7-10)18-14(17-11)12-5-3-4-8-16-12;1-8(6-11(18)23)20-12-7-10(14(15,16)17)21-13(22-12)9-4-2-3-5-19-9/h5-8,10-13,17H,4,9,14-15H2,1-3H3;1-2,4,6,8,10H,3,5,7H2,(H,20,24)(H,21,22,23);3-5,8-10H,2,6-7H2,1H3,(H,20,21)(H,17,18,19);2-5,7-8H,6H2,1H3,(H2,18,23)(H,20,21,22). The maximum atomic E-state index is 13.1. The van der Waals surface area contributed by atoms with Gasteiger partial charge in [-0.25, -0.2) is 39.9 Å². The molecule has 3 fully saturated rings. The number of halogens is 6. The summed E-state index contributed by atoms with van der Waals surface area (Å²) >= 11 is 0. The highest BCUT2D eigenvalue weighted by atomic mass is 19.4. The number of carbonyl (C=O) groups excluding carboxylic acids is 3. The van der Waals surface area contributed by atoms with Crippen LogP contribution in [0.2, 0.25) is 0 Å². The van der Waals surface area contributed by atoms with E-state index in [1.165, 1.54) is 30.1 Å². The van der Waals surface area contributed by atoms with Crippen molar-refractivity contribution in [3.8, 4) is 57.4 Å². The number of ether oxygens (including phenoxy) is 2. The number of nitrogens with zero attached hydrogens (tertiary/aromatic N) is 13. The highest BCUT2D eigenvalue weighted by molar-refractivity contribution is 5.85. The van der Waals surface area contributed by atoms with E-state index < -0.39 is 41.7 Å². The summed E-state index contributed by atoms with van der Waals surface area (Å²) in [5.41, 5.74) is 13.8. The number of alkyl halides is 6. The number of hydrogen-bond acceptors (Lipinski definition) is 21. The predicted molar refractivity (Wildman–Crippen MR) is 350 cm³/mol. The number of hydrazine groups is 1. The number of benzene rings is 1. The van der Waals surface area contributed by atoms with Crippen molar-refractivity contribution in [3.63, 3.8) is 0 Å². The quantitative estimate of drug-likeness (QED) is 0.0305. The lowest BCUT2D eigenvalue weighted by molar-refractivity contribution is -0.141. The first-order chi connectivity index (χ1) is 46.6. The van der Waals surface area contributed by atoms with Gasteiger partial charge in [0, 0.05) is 116 Å². The van der Waals surface area contributed by atoms with Crippen molar-refractivity contribution in [1.29, 1.82) is 0 Å². The van der Waals surface area contributed by atoms with Crippen molar-refractivity contribution in [2.75, 3.05) is 54.8 Å². The first kappa shape index (κ1) is 70.3. The van der Waals surface area contributed by atoms with Crippen LogP contribution in [0.4, 0.5) is 49.6 Å². The largest absolute Gasteiger partial charge is 0.497 e. The van der Waals surface area contributed by atoms with Crippen LogP contribution in [0.25, 0.3) is 45.9 Å². The van der Waals surface area contributed by atoms with E-state index in [2.05, 4.69) is 107 Å². The number of primary amides is 1. The number of anilines is 4. The second-order valence-electron chi connectivity index (χ2n) is 22.5. The second-order valence-corrected chi connectivity index (χ2v) is 22.5. The van der Waals surface area contributed by atoms with Crippen LogP contribution in [0.5, 0.6) is 11.5 Å². The first-order valence-corrected chi connectivity index (χ1v) is 31.1. The predicted octanol–water partition coefficient (Wildman–Crippen LogP) is 10.2. The Morgan fingerprint density at radius 1 is 0.639 bits per heavy atom. The summed E-state index contributed by atoms with van der Waals surface area (Å²) in [6.07, 6.45) is 4.71. The number of nitrogens with one attached hydrogen (secondary N) is 5. The molecule has 1 aliphatic carbocycles. The maximum absolute atomic E-state index is 13.1. The summed E-state index contributed by atoms with van der Waals surface area (Å²) in [5, 5.41) is 8.14. The van der Waals surface area contributed by atoms with Crippen LogP contribution in [-0.2, 0) is 46.0 Å². The van der Waals surface area contributed by atoms with E-state index >= 15 is 0 Å². The molecule has 0 spiro atoms. The Bertz CT molecular complexity index is 4060. The number of aryl methyl sites for hydroxylation is 2. The zero-order valence-corrected chi connectivity index (χ0v) is 53.6. The van der Waals surface area contributed by atoms with E-state index in [0.29, 0.717) is 36.2 Å². The van der Waals surface area contributed by atoms with E-state index in [0.717, 1.165) is 104 Å². The van der Waals surface area contributed by atoms with Gasteiger partial charge in [0.15, 0.2) is 34.7 Å².